The van der Waals surface area contributed by atoms with Crippen LogP contribution in [0.25, 0.3) is 11.1 Å². The van der Waals surface area contributed by atoms with Gasteiger partial charge in [-0.15, -0.1) is 0 Å². The van der Waals surface area contributed by atoms with Crippen LogP contribution in [0.2, 0.25) is 0 Å². The summed E-state index contributed by atoms with van der Waals surface area (Å²) in [5.41, 5.74) is 4.70. The molecule has 0 bridgehead atoms. The van der Waals surface area contributed by atoms with E-state index < -0.39 is 0 Å². The second kappa shape index (κ2) is 8.17. The molecule has 3 aromatic carbocycles. The summed E-state index contributed by atoms with van der Waals surface area (Å²) >= 11 is 0. The molecule has 3 nitrogen and oxygen atoms in total. The van der Waals surface area contributed by atoms with E-state index >= 15 is 0 Å². The molecule has 27 heavy (non-hydrogen) atoms. The van der Waals surface area contributed by atoms with Gasteiger partial charge in [0.15, 0.2) is 0 Å². The van der Waals surface area contributed by atoms with Crippen molar-refractivity contribution in [1.82, 2.24) is 0 Å². The molecule has 3 N–H and O–H groups in total. The van der Waals surface area contributed by atoms with Crippen LogP contribution in [-0.2, 0) is 12.8 Å². The maximum Gasteiger partial charge on any atom is 0.123 e. The van der Waals surface area contributed by atoms with Gasteiger partial charge in [0, 0.05) is 11.1 Å². The molecule has 0 aliphatic heterocycles. The number of aryl methyl sites for hydroxylation is 1. The molecule has 3 heteroatoms. The lowest BCUT2D eigenvalue weighted by Gasteiger charge is -2.16. The fraction of sp³-hybridized carbons (Fsp3) is 0.250. The molecule has 0 aliphatic carbocycles. The number of rotatable bonds is 6. The lowest BCUT2D eigenvalue weighted by molar-refractivity contribution is 0.468. The van der Waals surface area contributed by atoms with Crippen molar-refractivity contribution in [3.05, 3.63) is 77.4 Å². The SMILES string of the molecule is CCCc1ccc(O)c(-c2cc(C(C)Cc3ccc(O)cc3)ccc2O)c1. The highest BCUT2D eigenvalue weighted by atomic mass is 16.3. The topological polar surface area (TPSA) is 60.7 Å². The Morgan fingerprint density at radius 1 is 0.741 bits per heavy atom. The smallest absolute Gasteiger partial charge is 0.123 e. The summed E-state index contributed by atoms with van der Waals surface area (Å²) in [6.07, 6.45) is 2.79. The molecule has 0 spiro atoms. The number of aromatic hydroxyl groups is 3. The summed E-state index contributed by atoms with van der Waals surface area (Å²) in [5.74, 6) is 0.837. The highest BCUT2D eigenvalue weighted by Gasteiger charge is 2.14. The Bertz CT molecular complexity index is 913. The lowest BCUT2D eigenvalue weighted by atomic mass is 9.90. The van der Waals surface area contributed by atoms with E-state index in [1.165, 1.54) is 0 Å². The van der Waals surface area contributed by atoms with Gasteiger partial charge in [-0.2, -0.15) is 0 Å². The van der Waals surface area contributed by atoms with E-state index in [2.05, 4.69) is 13.8 Å². The number of benzene rings is 3. The van der Waals surface area contributed by atoms with Crippen LogP contribution >= 0.6 is 0 Å². The zero-order chi connectivity index (χ0) is 19.4. The van der Waals surface area contributed by atoms with Gasteiger partial charge in [0.25, 0.3) is 0 Å². The van der Waals surface area contributed by atoms with Crippen molar-refractivity contribution in [1.29, 1.82) is 0 Å². The largest absolute Gasteiger partial charge is 0.508 e. The Kier molecular flexibility index (Phi) is 5.70. The van der Waals surface area contributed by atoms with Gasteiger partial charge in [0.1, 0.15) is 17.2 Å². The number of hydrogen-bond acceptors (Lipinski definition) is 3. The van der Waals surface area contributed by atoms with Gasteiger partial charge in [-0.25, -0.2) is 0 Å². The van der Waals surface area contributed by atoms with E-state index in [0.717, 1.165) is 36.0 Å². The van der Waals surface area contributed by atoms with Gasteiger partial charge in [0.05, 0.1) is 0 Å². The quantitative estimate of drug-likeness (QED) is 0.522. The first-order valence-corrected chi connectivity index (χ1v) is 9.41. The molecule has 0 aromatic heterocycles. The molecule has 0 radical (unpaired) electrons. The molecule has 0 heterocycles. The van der Waals surface area contributed by atoms with Crippen LogP contribution in [0.5, 0.6) is 17.2 Å². The van der Waals surface area contributed by atoms with Gasteiger partial charge in [-0.3, -0.25) is 0 Å². The van der Waals surface area contributed by atoms with Crippen LogP contribution in [0.3, 0.4) is 0 Å². The molecule has 0 saturated carbocycles. The summed E-state index contributed by atoms with van der Waals surface area (Å²) < 4.78 is 0. The molecule has 1 atom stereocenters. The lowest BCUT2D eigenvalue weighted by Crippen LogP contribution is -1.99. The van der Waals surface area contributed by atoms with Crippen molar-refractivity contribution in [3.8, 4) is 28.4 Å². The molecule has 0 saturated heterocycles. The molecule has 1 unspecified atom stereocenters. The van der Waals surface area contributed by atoms with Gasteiger partial charge < -0.3 is 15.3 Å². The van der Waals surface area contributed by atoms with Crippen LogP contribution < -0.4 is 0 Å². The van der Waals surface area contributed by atoms with Crippen molar-refractivity contribution < 1.29 is 15.3 Å². The van der Waals surface area contributed by atoms with Crippen molar-refractivity contribution >= 4 is 0 Å². The third-order valence-corrected chi connectivity index (χ3v) is 4.96. The van der Waals surface area contributed by atoms with Gasteiger partial charge in [0.2, 0.25) is 0 Å². The van der Waals surface area contributed by atoms with E-state index in [-0.39, 0.29) is 23.2 Å². The Morgan fingerprint density at radius 2 is 1.33 bits per heavy atom. The summed E-state index contributed by atoms with van der Waals surface area (Å²) in [6, 6.07) is 18.4. The minimum atomic E-state index is 0.166. The fourth-order valence-corrected chi connectivity index (χ4v) is 3.42. The summed E-state index contributed by atoms with van der Waals surface area (Å²) in [4.78, 5) is 0. The first-order chi connectivity index (χ1) is 13.0. The average molecular weight is 362 g/mol. The van der Waals surface area contributed by atoms with Crippen molar-refractivity contribution in [3.63, 3.8) is 0 Å². The normalized spacial score (nSPS) is 12.1. The molecule has 0 amide bonds. The number of hydrogen-bond donors (Lipinski definition) is 3. The van der Waals surface area contributed by atoms with Gasteiger partial charge in [-0.1, -0.05) is 44.5 Å². The van der Waals surface area contributed by atoms with Gasteiger partial charge in [-0.05, 0) is 71.8 Å². The van der Waals surface area contributed by atoms with E-state index in [9.17, 15) is 15.3 Å². The van der Waals surface area contributed by atoms with Crippen LogP contribution in [-0.4, -0.2) is 15.3 Å². The highest BCUT2D eigenvalue weighted by molar-refractivity contribution is 5.76. The molecule has 3 aromatic rings. The first-order valence-electron chi connectivity index (χ1n) is 9.41. The molecular weight excluding hydrogens is 336 g/mol. The second-order valence-corrected chi connectivity index (χ2v) is 7.15. The van der Waals surface area contributed by atoms with E-state index in [1.54, 1.807) is 24.3 Å². The standard InChI is InChI=1S/C24H26O3/c1-3-4-17-7-11-23(26)21(14-17)22-15-19(8-12-24(22)27)16(2)13-18-5-9-20(25)10-6-18/h5-12,14-16,25-27H,3-4,13H2,1-2H3. The minimum absolute atomic E-state index is 0.166. The maximum atomic E-state index is 10.4. The molecular formula is C24H26O3. The molecule has 3 rings (SSSR count). The first kappa shape index (κ1) is 18.8. The van der Waals surface area contributed by atoms with E-state index in [4.69, 9.17) is 0 Å². The van der Waals surface area contributed by atoms with Gasteiger partial charge >= 0.3 is 0 Å². The van der Waals surface area contributed by atoms with Crippen molar-refractivity contribution in [2.75, 3.05) is 0 Å². The maximum absolute atomic E-state index is 10.4. The Morgan fingerprint density at radius 3 is 2.00 bits per heavy atom. The third kappa shape index (κ3) is 4.43. The number of phenols is 3. The summed E-state index contributed by atoms with van der Waals surface area (Å²) in [7, 11) is 0. The minimum Gasteiger partial charge on any atom is -0.508 e. The van der Waals surface area contributed by atoms with E-state index in [1.807, 2.05) is 36.4 Å². The monoisotopic (exact) mass is 362 g/mol. The number of phenolic OH excluding ortho intramolecular Hbond substituents is 3. The predicted molar refractivity (Wildman–Crippen MR) is 109 cm³/mol. The molecule has 0 aliphatic rings. The molecule has 140 valence electrons. The highest BCUT2D eigenvalue weighted by Crippen LogP contribution is 2.38. The van der Waals surface area contributed by atoms with Crippen LogP contribution in [0.1, 0.15) is 42.9 Å². The van der Waals surface area contributed by atoms with Crippen molar-refractivity contribution in [2.45, 2.75) is 39.0 Å². The Labute approximate surface area is 160 Å². The van der Waals surface area contributed by atoms with Crippen LogP contribution in [0.4, 0.5) is 0 Å². The fourth-order valence-electron chi connectivity index (χ4n) is 3.42. The van der Waals surface area contributed by atoms with Crippen molar-refractivity contribution in [2.24, 2.45) is 0 Å². The summed E-state index contributed by atoms with van der Waals surface area (Å²) in [5, 5.41) is 30.2. The molecule has 0 fully saturated rings. The zero-order valence-corrected chi connectivity index (χ0v) is 15.8. The second-order valence-electron chi connectivity index (χ2n) is 7.15. The Hall–Kier alpha value is -2.94. The predicted octanol–water partition coefficient (Wildman–Crippen LogP) is 5.77. The van der Waals surface area contributed by atoms with E-state index in [0.29, 0.717) is 11.1 Å². The summed E-state index contributed by atoms with van der Waals surface area (Å²) in [6.45, 7) is 4.26. The van der Waals surface area contributed by atoms with Crippen LogP contribution in [0, 0.1) is 0 Å². The Balaban J connectivity index is 1.92. The zero-order valence-electron chi connectivity index (χ0n) is 15.8. The average Bonchev–Trinajstić information content (AvgIpc) is 2.66. The van der Waals surface area contributed by atoms with Crippen LogP contribution in [0.15, 0.2) is 60.7 Å². The third-order valence-electron chi connectivity index (χ3n) is 4.96.